The van der Waals surface area contributed by atoms with E-state index in [-0.39, 0.29) is 11.8 Å². The van der Waals surface area contributed by atoms with Crippen LogP contribution in [0.15, 0.2) is 84.6 Å². The minimum Gasteiger partial charge on any atom is -0.369 e. The molecule has 0 saturated carbocycles. The van der Waals surface area contributed by atoms with Crippen LogP contribution in [0.2, 0.25) is 0 Å². The van der Waals surface area contributed by atoms with Crippen molar-refractivity contribution in [3.63, 3.8) is 0 Å². The summed E-state index contributed by atoms with van der Waals surface area (Å²) in [7, 11) is 2.14. The Balaban J connectivity index is 1.47. The maximum atomic E-state index is 13.6. The first-order chi connectivity index (χ1) is 16.5. The van der Waals surface area contributed by atoms with E-state index in [2.05, 4.69) is 34.3 Å². The fourth-order valence-corrected chi connectivity index (χ4v) is 4.52. The molecule has 1 saturated heterocycles. The number of carbonyl (C=O) groups excluding carboxylic acids is 2. The number of rotatable bonds is 5. The fraction of sp³-hybridized carbons (Fsp3) is 0.214. The largest absolute Gasteiger partial charge is 0.369 e. The van der Waals surface area contributed by atoms with Crippen molar-refractivity contribution in [3.8, 4) is 0 Å². The van der Waals surface area contributed by atoms with E-state index in [0.717, 1.165) is 43.1 Å². The molecule has 5 rings (SSSR count). The quantitative estimate of drug-likeness (QED) is 0.590. The zero-order valence-electron chi connectivity index (χ0n) is 19.5. The number of piperazine rings is 1. The molecule has 2 aliphatic rings. The third kappa shape index (κ3) is 4.08. The molecule has 2 heterocycles. The first-order valence-corrected chi connectivity index (χ1v) is 11.6. The average molecular weight is 453 g/mol. The number of aryl methyl sites for hydroxylation is 1. The summed E-state index contributed by atoms with van der Waals surface area (Å²) in [6, 6.07) is 24.9. The van der Waals surface area contributed by atoms with E-state index in [4.69, 9.17) is 0 Å². The molecule has 3 aromatic rings. The summed E-state index contributed by atoms with van der Waals surface area (Å²) in [5.41, 5.74) is 4.81. The Morgan fingerprint density at radius 2 is 1.38 bits per heavy atom. The number of likely N-dealkylation sites (N-methyl/N-ethyl adjacent to an activating group) is 1. The number of anilines is 3. The number of hydrogen-bond donors (Lipinski definition) is 1. The predicted molar refractivity (Wildman–Crippen MR) is 137 cm³/mol. The highest BCUT2D eigenvalue weighted by atomic mass is 16.2. The summed E-state index contributed by atoms with van der Waals surface area (Å²) >= 11 is 0. The molecule has 0 aliphatic carbocycles. The van der Waals surface area contributed by atoms with Gasteiger partial charge in [-0.25, -0.2) is 4.90 Å². The third-order valence-corrected chi connectivity index (χ3v) is 6.51. The van der Waals surface area contributed by atoms with Gasteiger partial charge in [-0.05, 0) is 55.4 Å². The maximum Gasteiger partial charge on any atom is 0.282 e. The molecule has 2 aliphatic heterocycles. The Morgan fingerprint density at radius 3 is 2.06 bits per heavy atom. The fourth-order valence-electron chi connectivity index (χ4n) is 4.52. The number of hydrogen-bond acceptors (Lipinski definition) is 5. The van der Waals surface area contributed by atoms with Gasteiger partial charge >= 0.3 is 0 Å². The van der Waals surface area contributed by atoms with E-state index in [1.165, 1.54) is 4.90 Å². The Labute approximate surface area is 200 Å². The van der Waals surface area contributed by atoms with Crippen molar-refractivity contribution in [1.29, 1.82) is 0 Å². The highest BCUT2D eigenvalue weighted by Crippen LogP contribution is 2.35. The monoisotopic (exact) mass is 452 g/mol. The van der Waals surface area contributed by atoms with Crippen LogP contribution in [0.1, 0.15) is 11.1 Å². The van der Waals surface area contributed by atoms with Crippen molar-refractivity contribution in [2.45, 2.75) is 6.92 Å². The Hall–Kier alpha value is -3.90. The van der Waals surface area contributed by atoms with E-state index >= 15 is 0 Å². The summed E-state index contributed by atoms with van der Waals surface area (Å²) in [5.74, 6) is -0.664. The molecule has 0 aromatic heterocycles. The van der Waals surface area contributed by atoms with Crippen molar-refractivity contribution in [3.05, 3.63) is 95.7 Å². The van der Waals surface area contributed by atoms with Crippen molar-refractivity contribution in [1.82, 2.24) is 4.90 Å². The minimum atomic E-state index is -0.346. The van der Waals surface area contributed by atoms with Crippen molar-refractivity contribution < 1.29 is 9.59 Å². The van der Waals surface area contributed by atoms with Gasteiger partial charge in [0.2, 0.25) is 0 Å². The standard InChI is InChI=1S/C28H28N4O2/c1-20-8-6-7-11-24(20)32-27(33)25(21-9-4-3-5-10-21)26(28(32)34)29-22-12-14-23(15-13-22)31-18-16-30(2)17-19-31/h3-15,29H,16-19H2,1-2H3. The van der Waals surface area contributed by atoms with Gasteiger partial charge in [0, 0.05) is 37.6 Å². The average Bonchev–Trinajstić information content (AvgIpc) is 3.10. The van der Waals surface area contributed by atoms with E-state index in [1.54, 1.807) is 0 Å². The van der Waals surface area contributed by atoms with Crippen LogP contribution in [-0.4, -0.2) is 49.9 Å². The number of nitrogens with one attached hydrogen (secondary N) is 1. The van der Waals surface area contributed by atoms with Gasteiger partial charge in [-0.15, -0.1) is 0 Å². The van der Waals surface area contributed by atoms with Gasteiger partial charge < -0.3 is 15.1 Å². The van der Waals surface area contributed by atoms with Crippen molar-refractivity contribution in [2.75, 3.05) is 48.3 Å². The molecule has 0 spiro atoms. The van der Waals surface area contributed by atoms with Gasteiger partial charge in [-0.1, -0.05) is 48.5 Å². The van der Waals surface area contributed by atoms with Gasteiger partial charge in [0.05, 0.1) is 11.3 Å². The van der Waals surface area contributed by atoms with Crippen LogP contribution in [0, 0.1) is 6.92 Å². The van der Waals surface area contributed by atoms with Crippen LogP contribution in [0.4, 0.5) is 17.1 Å². The normalized spacial score (nSPS) is 17.0. The molecule has 34 heavy (non-hydrogen) atoms. The van der Waals surface area contributed by atoms with Crippen LogP contribution in [0.25, 0.3) is 5.57 Å². The first kappa shape index (κ1) is 21.9. The number of amides is 2. The van der Waals surface area contributed by atoms with E-state index < -0.39 is 0 Å². The molecule has 172 valence electrons. The minimum absolute atomic E-state index is 0.298. The van der Waals surface area contributed by atoms with Crippen LogP contribution < -0.4 is 15.1 Å². The first-order valence-electron chi connectivity index (χ1n) is 11.6. The van der Waals surface area contributed by atoms with Crippen LogP contribution in [-0.2, 0) is 9.59 Å². The molecule has 3 aromatic carbocycles. The highest BCUT2D eigenvalue weighted by molar-refractivity contribution is 6.46. The number of para-hydroxylation sites is 1. The lowest BCUT2D eigenvalue weighted by atomic mass is 10.0. The number of carbonyl (C=O) groups is 2. The van der Waals surface area contributed by atoms with E-state index in [9.17, 15) is 9.59 Å². The second-order valence-electron chi connectivity index (χ2n) is 8.81. The number of imide groups is 1. The molecular weight excluding hydrogens is 424 g/mol. The summed E-state index contributed by atoms with van der Waals surface area (Å²) in [6.45, 7) is 5.97. The lowest BCUT2D eigenvalue weighted by Gasteiger charge is -2.34. The molecule has 0 bridgehead atoms. The number of nitrogens with zero attached hydrogens (tertiary/aromatic N) is 3. The van der Waals surface area contributed by atoms with Gasteiger partial charge in [-0.3, -0.25) is 9.59 Å². The third-order valence-electron chi connectivity index (χ3n) is 6.51. The summed E-state index contributed by atoms with van der Waals surface area (Å²) in [6.07, 6.45) is 0. The van der Waals surface area contributed by atoms with Gasteiger partial charge in [0.25, 0.3) is 11.8 Å². The zero-order valence-corrected chi connectivity index (χ0v) is 19.5. The summed E-state index contributed by atoms with van der Waals surface area (Å²) in [4.78, 5) is 33.1. The van der Waals surface area contributed by atoms with Crippen LogP contribution in [0.3, 0.4) is 0 Å². The Kier molecular flexibility index (Phi) is 5.90. The molecule has 0 radical (unpaired) electrons. The van der Waals surface area contributed by atoms with E-state index in [1.807, 2.05) is 73.7 Å². The van der Waals surface area contributed by atoms with Crippen molar-refractivity contribution in [2.24, 2.45) is 0 Å². The molecule has 0 unspecified atom stereocenters. The Morgan fingerprint density at radius 1 is 0.735 bits per heavy atom. The van der Waals surface area contributed by atoms with Gasteiger partial charge in [0.1, 0.15) is 5.70 Å². The van der Waals surface area contributed by atoms with Crippen molar-refractivity contribution >= 4 is 34.4 Å². The molecule has 6 heteroatoms. The molecule has 0 atom stereocenters. The lowest BCUT2D eigenvalue weighted by Crippen LogP contribution is -2.44. The highest BCUT2D eigenvalue weighted by Gasteiger charge is 2.40. The SMILES string of the molecule is Cc1ccccc1N1C(=O)C(Nc2ccc(N3CCN(C)CC3)cc2)=C(c2ccccc2)C1=O. The topological polar surface area (TPSA) is 55.9 Å². The zero-order chi connectivity index (χ0) is 23.7. The summed E-state index contributed by atoms with van der Waals surface area (Å²) < 4.78 is 0. The number of benzene rings is 3. The van der Waals surface area contributed by atoms with Gasteiger partial charge in [0.15, 0.2) is 0 Å². The lowest BCUT2D eigenvalue weighted by molar-refractivity contribution is -0.120. The van der Waals surface area contributed by atoms with Gasteiger partial charge in [-0.2, -0.15) is 0 Å². The smallest absolute Gasteiger partial charge is 0.282 e. The molecule has 1 fully saturated rings. The Bertz CT molecular complexity index is 1240. The molecular formula is C28H28N4O2. The maximum absolute atomic E-state index is 13.6. The predicted octanol–water partition coefficient (Wildman–Crippen LogP) is 4.14. The molecule has 2 amide bonds. The van der Waals surface area contributed by atoms with Crippen LogP contribution in [0.5, 0.6) is 0 Å². The van der Waals surface area contributed by atoms with E-state index in [0.29, 0.717) is 22.5 Å². The second-order valence-corrected chi connectivity index (χ2v) is 8.81. The second kappa shape index (κ2) is 9.15. The van der Waals surface area contributed by atoms with Crippen LogP contribution >= 0.6 is 0 Å². The molecule has 6 nitrogen and oxygen atoms in total. The summed E-state index contributed by atoms with van der Waals surface area (Å²) in [5, 5.41) is 3.27. The molecule has 1 N–H and O–H groups in total.